The molecule has 1 fully saturated rings. The lowest BCUT2D eigenvalue weighted by Crippen LogP contribution is -2.42. The molecule has 0 radical (unpaired) electrons. The van der Waals surface area contributed by atoms with Gasteiger partial charge in [-0.2, -0.15) is 0 Å². The zero-order chi connectivity index (χ0) is 23.4. The van der Waals surface area contributed by atoms with Crippen LogP contribution in [0.15, 0.2) is 12.1 Å². The van der Waals surface area contributed by atoms with Crippen LogP contribution in [0.25, 0.3) is 0 Å². The normalized spacial score (nSPS) is 20.3. The molecule has 3 rings (SSSR count). The zero-order valence-corrected chi connectivity index (χ0v) is 21.6. The van der Waals surface area contributed by atoms with Crippen molar-refractivity contribution in [3.63, 3.8) is 0 Å². The number of fused-ring (bicyclic) bond motifs is 1. The summed E-state index contributed by atoms with van der Waals surface area (Å²) >= 11 is 0. The van der Waals surface area contributed by atoms with Gasteiger partial charge in [0.1, 0.15) is 0 Å². The van der Waals surface area contributed by atoms with Crippen molar-refractivity contribution in [1.29, 1.82) is 0 Å². The van der Waals surface area contributed by atoms with E-state index in [-0.39, 0.29) is 5.04 Å². The molecule has 2 aliphatic heterocycles. The molecule has 0 saturated carbocycles. The average Bonchev–Trinajstić information content (AvgIpc) is 3.10. The monoisotopic (exact) mass is 447 g/mol. The molecule has 0 unspecified atom stereocenters. The second-order valence-corrected chi connectivity index (χ2v) is 16.1. The molecular weight excluding hydrogens is 409 g/mol. The van der Waals surface area contributed by atoms with Gasteiger partial charge in [0.05, 0.1) is 16.9 Å². The number of hydrogen-bond donors (Lipinski definition) is 1. The summed E-state index contributed by atoms with van der Waals surface area (Å²) in [6, 6.07) is 4.09. The molecule has 0 aliphatic carbocycles. The average molecular weight is 447 g/mol. The first-order chi connectivity index (χ1) is 14.1. The molecule has 1 aromatic carbocycles. The van der Waals surface area contributed by atoms with Gasteiger partial charge in [-0.3, -0.25) is 4.90 Å². The molecule has 2 heterocycles. The van der Waals surface area contributed by atoms with Gasteiger partial charge >= 0.3 is 13.2 Å². The number of anilines is 1. The Morgan fingerprint density at radius 2 is 1.77 bits per heavy atom. The Morgan fingerprint density at radius 1 is 1.19 bits per heavy atom. The second-order valence-electron chi connectivity index (χ2n) is 11.3. The Bertz CT molecular complexity index is 846. The number of nitrogens with zero attached hydrogens (tertiary/aromatic N) is 1. The van der Waals surface area contributed by atoms with Gasteiger partial charge in [0.15, 0.2) is 8.32 Å². The molecule has 0 bridgehead atoms. The Labute approximate surface area is 188 Å². The smallest absolute Gasteiger partial charge is 0.465 e. The van der Waals surface area contributed by atoms with Gasteiger partial charge in [0, 0.05) is 13.2 Å². The summed E-state index contributed by atoms with van der Waals surface area (Å²) in [6.07, 6.45) is 0.479. The topological polar surface area (TPSA) is 68.2 Å². The van der Waals surface area contributed by atoms with Crippen LogP contribution in [0.1, 0.15) is 59.6 Å². The lowest BCUT2D eigenvalue weighted by molar-refractivity contribution is 0.00578. The number of carboxylic acid groups (broad SMARTS) is 1. The van der Waals surface area contributed by atoms with Gasteiger partial charge in [-0.15, -0.1) is 0 Å². The highest BCUT2D eigenvalue weighted by Crippen LogP contribution is 2.39. The Hall–Kier alpha value is -1.35. The van der Waals surface area contributed by atoms with Crippen LogP contribution in [0.4, 0.5) is 10.5 Å². The van der Waals surface area contributed by atoms with Gasteiger partial charge < -0.3 is 18.8 Å². The summed E-state index contributed by atoms with van der Waals surface area (Å²) in [5, 5.41) is 9.74. The van der Waals surface area contributed by atoms with E-state index in [9.17, 15) is 9.90 Å². The third-order valence-electron chi connectivity index (χ3n) is 7.61. The first-order valence-electron chi connectivity index (χ1n) is 11.2. The van der Waals surface area contributed by atoms with E-state index in [1.165, 1.54) is 4.90 Å². The lowest BCUT2D eigenvalue weighted by atomic mass is 9.74. The highest BCUT2D eigenvalue weighted by atomic mass is 28.4. The van der Waals surface area contributed by atoms with Crippen molar-refractivity contribution in [2.24, 2.45) is 0 Å². The standard InChI is InChI=1S/C23H38BNO5Si/c1-21(2,3)31(8,9)28-13-11-16-15-19-17(10-12-25(19)20(26)27)14-18(16)24-29-22(4,5)23(6,7)30-24/h14-15H,10-13H2,1-9H3,(H,26,27). The van der Waals surface area contributed by atoms with E-state index in [1.807, 2.05) is 33.8 Å². The molecule has 172 valence electrons. The fourth-order valence-corrected chi connectivity index (χ4v) is 4.78. The number of benzene rings is 1. The first-order valence-corrected chi connectivity index (χ1v) is 14.1. The number of amides is 1. The minimum atomic E-state index is -1.87. The van der Waals surface area contributed by atoms with Crippen LogP contribution in [-0.4, -0.2) is 51.0 Å². The molecule has 1 amide bonds. The minimum absolute atomic E-state index is 0.138. The van der Waals surface area contributed by atoms with Crippen molar-refractivity contribution in [2.75, 3.05) is 18.1 Å². The summed E-state index contributed by atoms with van der Waals surface area (Å²) in [7, 11) is -2.35. The van der Waals surface area contributed by atoms with Crippen LogP contribution < -0.4 is 10.4 Å². The molecule has 31 heavy (non-hydrogen) atoms. The largest absolute Gasteiger partial charge is 0.495 e. The van der Waals surface area contributed by atoms with Crippen molar-refractivity contribution in [3.8, 4) is 0 Å². The fourth-order valence-electron chi connectivity index (χ4n) is 3.74. The number of hydrogen-bond acceptors (Lipinski definition) is 4. The first kappa shape index (κ1) is 24.3. The third kappa shape index (κ3) is 4.58. The molecule has 0 spiro atoms. The maximum absolute atomic E-state index is 11.7. The van der Waals surface area contributed by atoms with E-state index in [0.29, 0.717) is 26.0 Å². The van der Waals surface area contributed by atoms with Gasteiger partial charge in [-0.05, 0) is 81.3 Å². The third-order valence-corrected chi connectivity index (χ3v) is 12.2. The van der Waals surface area contributed by atoms with E-state index in [2.05, 4.69) is 39.9 Å². The number of rotatable bonds is 5. The molecule has 2 aliphatic rings. The Balaban J connectivity index is 1.92. The summed E-state index contributed by atoms with van der Waals surface area (Å²) < 4.78 is 19.1. The molecule has 1 aromatic rings. The highest BCUT2D eigenvalue weighted by Gasteiger charge is 2.52. The van der Waals surface area contributed by atoms with E-state index in [4.69, 9.17) is 13.7 Å². The maximum atomic E-state index is 11.7. The van der Waals surface area contributed by atoms with Crippen LogP contribution in [-0.2, 0) is 26.6 Å². The molecule has 1 saturated heterocycles. The van der Waals surface area contributed by atoms with Gasteiger partial charge in [0.25, 0.3) is 0 Å². The van der Waals surface area contributed by atoms with Gasteiger partial charge in [-0.1, -0.05) is 26.8 Å². The summed E-state index contributed by atoms with van der Waals surface area (Å²) in [5.41, 5.74) is 2.96. The lowest BCUT2D eigenvalue weighted by Gasteiger charge is -2.36. The molecule has 6 nitrogen and oxygen atoms in total. The predicted molar refractivity (Wildman–Crippen MR) is 128 cm³/mol. The highest BCUT2D eigenvalue weighted by molar-refractivity contribution is 6.74. The maximum Gasteiger partial charge on any atom is 0.495 e. The number of carbonyl (C=O) groups is 1. The second kappa shape index (κ2) is 7.90. The Morgan fingerprint density at radius 3 is 2.29 bits per heavy atom. The Kier molecular flexibility index (Phi) is 6.19. The van der Waals surface area contributed by atoms with E-state index in [0.717, 1.165) is 22.3 Å². The summed E-state index contributed by atoms with van der Waals surface area (Å²) in [6.45, 7) is 20.5. The van der Waals surface area contributed by atoms with Crippen molar-refractivity contribution in [2.45, 2.75) is 90.6 Å². The summed E-state index contributed by atoms with van der Waals surface area (Å²) in [5.74, 6) is 0. The zero-order valence-electron chi connectivity index (χ0n) is 20.6. The molecule has 1 N–H and O–H groups in total. The van der Waals surface area contributed by atoms with E-state index >= 15 is 0 Å². The minimum Gasteiger partial charge on any atom is -0.465 e. The molecule has 8 heteroatoms. The van der Waals surface area contributed by atoms with Crippen LogP contribution >= 0.6 is 0 Å². The van der Waals surface area contributed by atoms with Crippen LogP contribution in [0.3, 0.4) is 0 Å². The molecular formula is C23H38BNO5Si. The van der Waals surface area contributed by atoms with Crippen LogP contribution in [0, 0.1) is 0 Å². The SMILES string of the molecule is CC1(C)OB(c2cc3c(cc2CCO[Si](C)(C)C(C)(C)C)N(C(=O)O)CC3)OC1(C)C. The molecule has 0 atom stereocenters. The predicted octanol–water partition coefficient (Wildman–Crippen LogP) is 4.59. The van der Waals surface area contributed by atoms with Crippen molar-refractivity contribution < 1.29 is 23.6 Å². The van der Waals surface area contributed by atoms with Gasteiger partial charge in [0.2, 0.25) is 0 Å². The van der Waals surface area contributed by atoms with Crippen molar-refractivity contribution >= 4 is 32.7 Å². The van der Waals surface area contributed by atoms with E-state index in [1.54, 1.807) is 0 Å². The summed E-state index contributed by atoms with van der Waals surface area (Å²) in [4.78, 5) is 13.1. The van der Waals surface area contributed by atoms with E-state index < -0.39 is 32.7 Å². The molecule has 0 aromatic heterocycles. The van der Waals surface area contributed by atoms with Crippen LogP contribution in [0.2, 0.25) is 18.1 Å². The van der Waals surface area contributed by atoms with Crippen molar-refractivity contribution in [3.05, 3.63) is 23.3 Å². The fraction of sp³-hybridized carbons (Fsp3) is 0.696. The van der Waals surface area contributed by atoms with Gasteiger partial charge in [-0.25, -0.2) is 4.79 Å². The quantitative estimate of drug-likeness (QED) is 0.669. The van der Waals surface area contributed by atoms with Crippen LogP contribution in [0.5, 0.6) is 0 Å². The van der Waals surface area contributed by atoms with Crippen molar-refractivity contribution in [1.82, 2.24) is 0 Å².